The molecule has 2 aromatic rings. The Bertz CT molecular complexity index is 789. The lowest BCUT2D eigenvalue weighted by molar-refractivity contribution is -0.134. The Labute approximate surface area is 166 Å². The van der Waals surface area contributed by atoms with E-state index in [-0.39, 0.29) is 11.3 Å². The monoisotopic (exact) mass is 380 g/mol. The van der Waals surface area contributed by atoms with Gasteiger partial charge in [-0.1, -0.05) is 36.8 Å². The quantitative estimate of drug-likeness (QED) is 0.830. The van der Waals surface area contributed by atoms with E-state index >= 15 is 0 Å². The van der Waals surface area contributed by atoms with E-state index in [1.807, 2.05) is 23.1 Å². The molecule has 1 aliphatic heterocycles. The number of benzene rings is 1. The molecule has 2 heterocycles. The van der Waals surface area contributed by atoms with E-state index in [0.29, 0.717) is 30.4 Å². The van der Waals surface area contributed by atoms with Crippen LogP contribution in [0.3, 0.4) is 0 Å². The number of carbonyl (C=O) groups excluding carboxylic acids is 2. The lowest BCUT2D eigenvalue weighted by atomic mass is 9.72. The highest BCUT2D eigenvalue weighted by Crippen LogP contribution is 2.36. The van der Waals surface area contributed by atoms with E-state index in [4.69, 9.17) is 4.42 Å². The molecule has 2 amide bonds. The van der Waals surface area contributed by atoms with Gasteiger partial charge in [-0.2, -0.15) is 0 Å². The van der Waals surface area contributed by atoms with Gasteiger partial charge >= 0.3 is 0 Å². The maximum absolute atomic E-state index is 12.6. The van der Waals surface area contributed by atoms with E-state index in [1.54, 1.807) is 6.07 Å². The van der Waals surface area contributed by atoms with E-state index in [1.165, 1.54) is 37.4 Å². The summed E-state index contributed by atoms with van der Waals surface area (Å²) in [5.74, 6) is 0.781. The highest BCUT2D eigenvalue weighted by atomic mass is 16.3. The van der Waals surface area contributed by atoms with Crippen LogP contribution in [0.25, 0.3) is 0 Å². The van der Waals surface area contributed by atoms with Crippen LogP contribution in [0, 0.1) is 5.92 Å². The Morgan fingerprint density at radius 3 is 2.46 bits per heavy atom. The van der Waals surface area contributed by atoms with Crippen molar-refractivity contribution < 1.29 is 14.0 Å². The van der Waals surface area contributed by atoms with Crippen molar-refractivity contribution in [1.82, 2.24) is 10.2 Å². The number of hydrogen-bond donors (Lipinski definition) is 1. The second-order valence-corrected chi connectivity index (χ2v) is 8.22. The second-order valence-electron chi connectivity index (χ2n) is 8.22. The molecule has 2 aliphatic rings. The molecule has 0 radical (unpaired) electrons. The van der Waals surface area contributed by atoms with Crippen LogP contribution >= 0.6 is 0 Å². The summed E-state index contributed by atoms with van der Waals surface area (Å²) in [6.45, 7) is 2.07. The molecule has 148 valence electrons. The zero-order valence-corrected chi connectivity index (χ0v) is 16.2. The lowest BCUT2D eigenvalue weighted by Gasteiger charge is -2.43. The normalized spacial score (nSPS) is 19.1. The number of nitrogens with one attached hydrogen (secondary N) is 1. The fourth-order valence-corrected chi connectivity index (χ4v) is 4.36. The molecule has 1 aliphatic carbocycles. The molecule has 0 bridgehead atoms. The molecule has 0 atom stereocenters. The number of carbonyl (C=O) groups is 2. The molecule has 5 heteroatoms. The maximum atomic E-state index is 12.6. The first-order valence-electron chi connectivity index (χ1n) is 10.3. The first-order valence-corrected chi connectivity index (χ1v) is 10.3. The van der Waals surface area contributed by atoms with Gasteiger partial charge in [0.1, 0.15) is 6.26 Å². The summed E-state index contributed by atoms with van der Waals surface area (Å²) in [5, 5.41) is 3.09. The second kappa shape index (κ2) is 8.21. The molecule has 28 heavy (non-hydrogen) atoms. The van der Waals surface area contributed by atoms with Crippen LogP contribution in [0.2, 0.25) is 0 Å². The third kappa shape index (κ3) is 3.98. The number of piperidine rings is 1. The third-order valence-electron chi connectivity index (χ3n) is 6.52. The SMILES string of the molecule is O=C(NCC1(c2ccccc2)CCN(C(=O)CC2CCC2)CC1)c1ccoc1. The van der Waals surface area contributed by atoms with E-state index in [0.717, 1.165) is 25.9 Å². The molecule has 5 nitrogen and oxygen atoms in total. The molecule has 1 N–H and O–H groups in total. The van der Waals surface area contributed by atoms with Crippen molar-refractivity contribution in [3.63, 3.8) is 0 Å². The van der Waals surface area contributed by atoms with Crippen molar-refractivity contribution in [3.05, 3.63) is 60.1 Å². The van der Waals surface area contributed by atoms with Crippen molar-refractivity contribution in [2.75, 3.05) is 19.6 Å². The van der Waals surface area contributed by atoms with Crippen LogP contribution in [0.1, 0.15) is 54.4 Å². The van der Waals surface area contributed by atoms with Gasteiger partial charge in [0.05, 0.1) is 11.8 Å². The standard InChI is InChI=1S/C23H28N2O3/c26-21(15-18-5-4-6-18)25-12-10-23(11-13-25,20-7-2-1-3-8-20)17-24-22(27)19-9-14-28-16-19/h1-3,7-9,14,16,18H,4-6,10-13,15,17H2,(H,24,27). The average molecular weight is 380 g/mol. The molecule has 1 aromatic heterocycles. The van der Waals surface area contributed by atoms with Crippen LogP contribution in [0.4, 0.5) is 0 Å². The van der Waals surface area contributed by atoms with Gasteiger partial charge in [0.2, 0.25) is 5.91 Å². The summed E-state index contributed by atoms with van der Waals surface area (Å²) >= 11 is 0. The van der Waals surface area contributed by atoms with Gasteiger partial charge < -0.3 is 14.6 Å². The number of hydrogen-bond acceptors (Lipinski definition) is 3. The van der Waals surface area contributed by atoms with Crippen molar-refractivity contribution in [3.8, 4) is 0 Å². The molecule has 0 spiro atoms. The zero-order chi connectivity index (χ0) is 19.4. The number of nitrogens with zero attached hydrogens (tertiary/aromatic N) is 1. The maximum Gasteiger partial charge on any atom is 0.254 e. The van der Waals surface area contributed by atoms with Gasteiger partial charge in [-0.05, 0) is 43.2 Å². The number of amides is 2. The van der Waals surface area contributed by atoms with E-state index in [2.05, 4.69) is 17.4 Å². The highest BCUT2D eigenvalue weighted by molar-refractivity contribution is 5.93. The lowest BCUT2D eigenvalue weighted by Crippen LogP contribution is -2.50. The summed E-state index contributed by atoms with van der Waals surface area (Å²) in [4.78, 5) is 27.1. The predicted octanol–water partition coefficient (Wildman–Crippen LogP) is 3.76. The third-order valence-corrected chi connectivity index (χ3v) is 6.52. The molecule has 1 saturated carbocycles. The zero-order valence-electron chi connectivity index (χ0n) is 16.2. The Kier molecular flexibility index (Phi) is 5.51. The minimum absolute atomic E-state index is 0.118. The molecular formula is C23H28N2O3. The number of likely N-dealkylation sites (tertiary alicyclic amines) is 1. The Morgan fingerprint density at radius 2 is 1.86 bits per heavy atom. The topological polar surface area (TPSA) is 62.6 Å². The molecule has 0 unspecified atom stereocenters. The van der Waals surface area contributed by atoms with Crippen molar-refractivity contribution >= 4 is 11.8 Å². The summed E-state index contributed by atoms with van der Waals surface area (Å²) in [7, 11) is 0. The van der Waals surface area contributed by atoms with Gasteiger partial charge in [-0.3, -0.25) is 9.59 Å². The fourth-order valence-electron chi connectivity index (χ4n) is 4.36. The van der Waals surface area contributed by atoms with Gasteiger partial charge in [0.15, 0.2) is 0 Å². The van der Waals surface area contributed by atoms with Crippen molar-refractivity contribution in [2.45, 2.75) is 43.9 Å². The summed E-state index contributed by atoms with van der Waals surface area (Å²) in [6, 6.07) is 12.0. The largest absolute Gasteiger partial charge is 0.472 e. The van der Waals surface area contributed by atoms with E-state index in [9.17, 15) is 9.59 Å². The van der Waals surface area contributed by atoms with Crippen LogP contribution in [0.15, 0.2) is 53.3 Å². The fraction of sp³-hybridized carbons (Fsp3) is 0.478. The summed E-state index contributed by atoms with van der Waals surface area (Å²) in [5.41, 5.74) is 1.62. The Balaban J connectivity index is 1.43. The van der Waals surface area contributed by atoms with Crippen LogP contribution in [-0.4, -0.2) is 36.3 Å². The number of rotatable bonds is 6. The van der Waals surface area contributed by atoms with Gasteiger partial charge in [0, 0.05) is 31.5 Å². The highest BCUT2D eigenvalue weighted by Gasteiger charge is 2.38. The summed E-state index contributed by atoms with van der Waals surface area (Å²) < 4.78 is 5.02. The van der Waals surface area contributed by atoms with Gasteiger partial charge in [-0.15, -0.1) is 0 Å². The predicted molar refractivity (Wildman–Crippen MR) is 107 cm³/mol. The Morgan fingerprint density at radius 1 is 1.11 bits per heavy atom. The van der Waals surface area contributed by atoms with Crippen LogP contribution < -0.4 is 5.32 Å². The molecule has 4 rings (SSSR count). The van der Waals surface area contributed by atoms with Gasteiger partial charge in [0.25, 0.3) is 5.91 Å². The minimum Gasteiger partial charge on any atom is -0.472 e. The number of furan rings is 1. The minimum atomic E-state index is -0.145. The van der Waals surface area contributed by atoms with Gasteiger partial charge in [-0.25, -0.2) is 0 Å². The molecule has 2 fully saturated rings. The average Bonchev–Trinajstić information content (AvgIpc) is 3.25. The van der Waals surface area contributed by atoms with Crippen molar-refractivity contribution in [2.24, 2.45) is 5.92 Å². The molecular weight excluding hydrogens is 352 g/mol. The first kappa shape index (κ1) is 18.8. The van der Waals surface area contributed by atoms with Crippen LogP contribution in [-0.2, 0) is 10.2 Å². The molecule has 1 saturated heterocycles. The van der Waals surface area contributed by atoms with Crippen molar-refractivity contribution in [1.29, 1.82) is 0 Å². The first-order chi connectivity index (χ1) is 13.7. The van der Waals surface area contributed by atoms with E-state index < -0.39 is 0 Å². The smallest absolute Gasteiger partial charge is 0.254 e. The Hall–Kier alpha value is -2.56. The summed E-state index contributed by atoms with van der Waals surface area (Å²) in [6.07, 6.45) is 9.07. The van der Waals surface area contributed by atoms with Crippen LogP contribution in [0.5, 0.6) is 0 Å². The molecule has 1 aromatic carbocycles.